The lowest BCUT2D eigenvalue weighted by Gasteiger charge is -2.57. The number of ether oxygens (including phenoxy) is 1. The Balaban J connectivity index is 1.82. The number of esters is 1. The highest BCUT2D eigenvalue weighted by molar-refractivity contribution is 6.80. The first-order chi connectivity index (χ1) is 13.6. The van der Waals surface area contributed by atoms with E-state index in [-0.39, 0.29) is 23.5 Å². The molecule has 0 radical (unpaired) electrons. The zero-order valence-corrected chi connectivity index (χ0v) is 18.9. The molecule has 1 saturated heterocycles. The smallest absolute Gasteiger partial charge is 0.329 e. The van der Waals surface area contributed by atoms with Gasteiger partial charge in [-0.05, 0) is 28.7 Å². The van der Waals surface area contributed by atoms with Crippen molar-refractivity contribution in [1.29, 1.82) is 0 Å². The van der Waals surface area contributed by atoms with E-state index in [2.05, 4.69) is 38.8 Å². The standard InChI is InChI=1S/C23H30N2O3Si/c1-23(2,3)29(4,5)25-20(22(27)28-16-17-10-7-6-8-11-17)19(21(25)26)14-18-12-9-13-24-15-18/h6-13,15,19-20H,14,16H2,1-5H3/t19-,20+/m1/s1. The van der Waals surface area contributed by atoms with Gasteiger partial charge in [-0.3, -0.25) is 9.78 Å². The summed E-state index contributed by atoms with van der Waals surface area (Å²) in [4.78, 5) is 30.4. The molecule has 6 heteroatoms. The lowest BCUT2D eigenvalue weighted by Crippen LogP contribution is -2.75. The third kappa shape index (κ3) is 4.27. The van der Waals surface area contributed by atoms with E-state index in [1.807, 2.05) is 47.0 Å². The highest BCUT2D eigenvalue weighted by Crippen LogP contribution is 2.45. The van der Waals surface area contributed by atoms with Gasteiger partial charge in [-0.2, -0.15) is 0 Å². The van der Waals surface area contributed by atoms with Crippen LogP contribution in [0.2, 0.25) is 18.1 Å². The van der Waals surface area contributed by atoms with Crippen molar-refractivity contribution >= 4 is 20.1 Å². The molecular weight excluding hydrogens is 380 g/mol. The fourth-order valence-electron chi connectivity index (χ4n) is 3.59. The fourth-order valence-corrected chi connectivity index (χ4v) is 6.01. The van der Waals surface area contributed by atoms with Crippen molar-refractivity contribution in [2.24, 2.45) is 5.92 Å². The predicted octanol–water partition coefficient (Wildman–Crippen LogP) is 4.20. The van der Waals surface area contributed by atoms with Crippen LogP contribution >= 0.6 is 0 Å². The zero-order chi connectivity index (χ0) is 21.2. The molecule has 1 fully saturated rings. The minimum absolute atomic E-state index is 0.0557. The SMILES string of the molecule is CC(C)(C)[Si](C)(C)N1C(=O)[C@H](Cc2cccnc2)[C@H]1C(=O)OCc1ccccc1. The first-order valence-electron chi connectivity index (χ1n) is 10.1. The summed E-state index contributed by atoms with van der Waals surface area (Å²) in [5.41, 5.74) is 1.90. The Morgan fingerprint density at radius 3 is 2.34 bits per heavy atom. The van der Waals surface area contributed by atoms with Crippen LogP contribution < -0.4 is 0 Å². The molecule has 2 atom stereocenters. The average Bonchev–Trinajstić information content (AvgIpc) is 2.68. The van der Waals surface area contributed by atoms with Crippen molar-refractivity contribution in [3.63, 3.8) is 0 Å². The lowest BCUT2D eigenvalue weighted by molar-refractivity contribution is -0.168. The minimum atomic E-state index is -2.21. The molecule has 0 unspecified atom stereocenters. The van der Waals surface area contributed by atoms with Crippen molar-refractivity contribution < 1.29 is 14.3 Å². The number of aromatic nitrogens is 1. The number of benzene rings is 1. The number of carbonyl (C=O) groups is 2. The van der Waals surface area contributed by atoms with Crippen LogP contribution in [0.4, 0.5) is 0 Å². The number of nitrogens with zero attached hydrogens (tertiary/aromatic N) is 2. The van der Waals surface area contributed by atoms with Gasteiger partial charge in [0.05, 0.1) is 5.92 Å². The number of rotatable bonds is 6. The van der Waals surface area contributed by atoms with Gasteiger partial charge in [0.2, 0.25) is 5.91 Å². The molecular formula is C23H30N2O3Si. The topological polar surface area (TPSA) is 59.5 Å². The van der Waals surface area contributed by atoms with E-state index in [1.165, 1.54) is 0 Å². The molecule has 0 bridgehead atoms. The van der Waals surface area contributed by atoms with Crippen LogP contribution in [0.5, 0.6) is 0 Å². The van der Waals surface area contributed by atoms with E-state index in [1.54, 1.807) is 12.4 Å². The minimum Gasteiger partial charge on any atom is -0.459 e. The molecule has 3 rings (SSSR count). The van der Waals surface area contributed by atoms with E-state index in [9.17, 15) is 9.59 Å². The van der Waals surface area contributed by atoms with Gasteiger partial charge in [-0.1, -0.05) is 70.3 Å². The van der Waals surface area contributed by atoms with Gasteiger partial charge in [-0.25, -0.2) is 4.79 Å². The van der Waals surface area contributed by atoms with Crippen LogP contribution in [0.3, 0.4) is 0 Å². The largest absolute Gasteiger partial charge is 0.459 e. The van der Waals surface area contributed by atoms with Gasteiger partial charge in [0.15, 0.2) is 8.24 Å². The first kappa shape index (κ1) is 21.2. The highest BCUT2D eigenvalue weighted by atomic mass is 28.3. The molecule has 5 nitrogen and oxygen atoms in total. The van der Waals surface area contributed by atoms with Gasteiger partial charge in [-0.15, -0.1) is 0 Å². The Labute approximate surface area is 174 Å². The number of amides is 1. The number of hydrogen-bond acceptors (Lipinski definition) is 4. The summed E-state index contributed by atoms with van der Waals surface area (Å²) in [6, 6.07) is 12.9. The van der Waals surface area contributed by atoms with E-state index in [4.69, 9.17) is 4.74 Å². The van der Waals surface area contributed by atoms with Gasteiger partial charge >= 0.3 is 5.97 Å². The third-order valence-electron chi connectivity index (χ3n) is 6.30. The summed E-state index contributed by atoms with van der Waals surface area (Å²) in [6.07, 6.45) is 3.97. The summed E-state index contributed by atoms with van der Waals surface area (Å²) in [5.74, 6) is -0.647. The van der Waals surface area contributed by atoms with Gasteiger partial charge in [0.25, 0.3) is 0 Å². The molecule has 0 aliphatic carbocycles. The molecule has 0 spiro atoms. The Hall–Kier alpha value is -2.47. The second kappa shape index (κ2) is 8.11. The van der Waals surface area contributed by atoms with Crippen LogP contribution in [-0.2, 0) is 27.4 Å². The van der Waals surface area contributed by atoms with Crippen LogP contribution in [0.1, 0.15) is 31.9 Å². The van der Waals surface area contributed by atoms with Gasteiger partial charge in [0, 0.05) is 12.4 Å². The van der Waals surface area contributed by atoms with Crippen molar-refractivity contribution in [2.75, 3.05) is 0 Å². The molecule has 2 aromatic rings. The van der Waals surface area contributed by atoms with Crippen molar-refractivity contribution in [2.45, 2.75) is 58.0 Å². The maximum Gasteiger partial charge on any atom is 0.329 e. The number of carbonyl (C=O) groups excluding carboxylic acids is 2. The molecule has 1 aromatic carbocycles. The Bertz CT molecular complexity index is 863. The maximum atomic E-state index is 13.2. The van der Waals surface area contributed by atoms with Crippen molar-refractivity contribution in [1.82, 2.24) is 9.55 Å². The molecule has 2 heterocycles. The molecule has 0 N–H and O–H groups in total. The van der Waals surface area contributed by atoms with Crippen molar-refractivity contribution in [3.8, 4) is 0 Å². The molecule has 154 valence electrons. The first-order valence-corrected chi connectivity index (χ1v) is 13.0. The Morgan fingerprint density at radius 1 is 1.10 bits per heavy atom. The summed E-state index contributed by atoms with van der Waals surface area (Å²) in [6.45, 7) is 11.0. The number of β-lactam (4-membered cyclic amide) rings is 1. The Morgan fingerprint density at radius 2 is 1.76 bits per heavy atom. The highest BCUT2D eigenvalue weighted by Gasteiger charge is 2.60. The zero-order valence-electron chi connectivity index (χ0n) is 17.9. The molecule has 1 aliphatic rings. The molecule has 29 heavy (non-hydrogen) atoms. The van der Waals surface area contributed by atoms with Crippen LogP contribution in [0, 0.1) is 5.92 Å². The fraction of sp³-hybridized carbons (Fsp3) is 0.435. The Kier molecular flexibility index (Phi) is 5.94. The number of pyridine rings is 1. The summed E-state index contributed by atoms with van der Waals surface area (Å²) in [5, 5.41) is -0.0557. The van der Waals surface area contributed by atoms with Crippen LogP contribution in [0.15, 0.2) is 54.9 Å². The second-order valence-electron chi connectivity index (χ2n) is 9.23. The van der Waals surface area contributed by atoms with E-state index in [0.717, 1.165) is 11.1 Å². The third-order valence-corrected chi connectivity index (χ3v) is 11.7. The average molecular weight is 411 g/mol. The van der Waals surface area contributed by atoms with Gasteiger partial charge < -0.3 is 9.30 Å². The lowest BCUT2D eigenvalue weighted by atomic mass is 9.85. The van der Waals surface area contributed by atoms with Crippen LogP contribution in [0.25, 0.3) is 0 Å². The van der Waals surface area contributed by atoms with E-state index < -0.39 is 20.2 Å². The molecule has 1 aromatic heterocycles. The molecule has 0 saturated carbocycles. The monoisotopic (exact) mass is 410 g/mol. The summed E-state index contributed by atoms with van der Waals surface area (Å²) >= 11 is 0. The maximum absolute atomic E-state index is 13.2. The normalized spacial score (nSPS) is 19.6. The second-order valence-corrected chi connectivity index (χ2v) is 14.3. The molecule has 1 aliphatic heterocycles. The van der Waals surface area contributed by atoms with Crippen LogP contribution in [-0.4, -0.2) is 35.7 Å². The van der Waals surface area contributed by atoms with Crippen molar-refractivity contribution in [3.05, 3.63) is 66.0 Å². The van der Waals surface area contributed by atoms with E-state index >= 15 is 0 Å². The molecule has 1 amide bonds. The summed E-state index contributed by atoms with van der Waals surface area (Å²) < 4.78 is 7.52. The summed E-state index contributed by atoms with van der Waals surface area (Å²) in [7, 11) is -2.21. The quantitative estimate of drug-likeness (QED) is 0.407. The predicted molar refractivity (Wildman–Crippen MR) is 116 cm³/mol. The number of hydrogen-bond donors (Lipinski definition) is 0. The van der Waals surface area contributed by atoms with Gasteiger partial charge in [0.1, 0.15) is 12.6 Å². The van der Waals surface area contributed by atoms with E-state index in [0.29, 0.717) is 6.42 Å².